The van der Waals surface area contributed by atoms with E-state index in [1.807, 2.05) is 6.07 Å². The van der Waals surface area contributed by atoms with Gasteiger partial charge in [0, 0.05) is 19.5 Å². The number of piperidine rings is 1. The quantitative estimate of drug-likeness (QED) is 0.794. The molecule has 3 heteroatoms. The second-order valence-electron chi connectivity index (χ2n) is 6.98. The number of rotatable bonds is 1. The first-order valence-corrected chi connectivity index (χ1v) is 7.89. The number of ether oxygens (including phenoxy) is 1. The molecule has 1 aromatic carbocycles. The Balaban J connectivity index is 2.06. The van der Waals surface area contributed by atoms with Gasteiger partial charge in [0.25, 0.3) is 0 Å². The monoisotopic (exact) mass is 287 g/mol. The highest BCUT2D eigenvalue weighted by atomic mass is 16.5. The lowest BCUT2D eigenvalue weighted by atomic mass is 9.60. The Kier molecular flexibility index (Phi) is 3.46. The predicted molar refractivity (Wildman–Crippen MR) is 83.6 cm³/mol. The molecule has 0 spiro atoms. The molecule has 3 rings (SSSR count). The zero-order chi connectivity index (χ0) is 15.2. The molecular weight excluding hydrogens is 262 g/mol. The molecule has 1 aliphatic carbocycles. The molecule has 114 valence electrons. The fourth-order valence-electron chi connectivity index (χ4n) is 4.43. The van der Waals surface area contributed by atoms with Gasteiger partial charge in [-0.15, -0.1) is 0 Å². The van der Waals surface area contributed by atoms with Crippen molar-refractivity contribution in [2.45, 2.75) is 51.5 Å². The van der Waals surface area contributed by atoms with E-state index in [4.69, 9.17) is 4.74 Å². The van der Waals surface area contributed by atoms with E-state index in [0.717, 1.165) is 25.1 Å². The van der Waals surface area contributed by atoms with Crippen molar-refractivity contribution < 1.29 is 9.53 Å². The van der Waals surface area contributed by atoms with Crippen LogP contribution in [0.5, 0.6) is 5.75 Å². The number of hydrogen-bond acceptors (Lipinski definition) is 2. The average Bonchev–Trinajstić information content (AvgIpc) is 2.46. The van der Waals surface area contributed by atoms with Crippen LogP contribution in [0.25, 0.3) is 0 Å². The lowest BCUT2D eigenvalue weighted by Crippen LogP contribution is -2.56. The Morgan fingerprint density at radius 3 is 2.81 bits per heavy atom. The third-order valence-corrected chi connectivity index (χ3v) is 5.55. The first kappa shape index (κ1) is 14.4. The van der Waals surface area contributed by atoms with Crippen LogP contribution in [-0.4, -0.2) is 30.5 Å². The van der Waals surface area contributed by atoms with Gasteiger partial charge < -0.3 is 9.64 Å². The molecule has 1 aliphatic heterocycles. The van der Waals surface area contributed by atoms with Gasteiger partial charge in [0.15, 0.2) is 0 Å². The molecule has 2 atom stereocenters. The molecule has 1 amide bonds. The van der Waals surface area contributed by atoms with Crippen LogP contribution in [0.3, 0.4) is 0 Å². The van der Waals surface area contributed by atoms with E-state index >= 15 is 0 Å². The standard InChI is InChI=1S/C18H25NO2/c1-12(20)19-9-5-6-15-17(19)10-13-7-8-14(21-4)11-16(13)18(15,2)3/h7-8,11,15,17H,5-6,9-10H2,1-4H3. The summed E-state index contributed by atoms with van der Waals surface area (Å²) in [5.74, 6) is 1.69. The van der Waals surface area contributed by atoms with Gasteiger partial charge in [0.1, 0.15) is 5.75 Å². The second-order valence-corrected chi connectivity index (χ2v) is 6.98. The van der Waals surface area contributed by atoms with Crippen molar-refractivity contribution in [3.63, 3.8) is 0 Å². The smallest absolute Gasteiger partial charge is 0.219 e. The average molecular weight is 287 g/mol. The van der Waals surface area contributed by atoms with Crippen LogP contribution in [0.1, 0.15) is 44.7 Å². The molecule has 1 aromatic rings. The summed E-state index contributed by atoms with van der Waals surface area (Å²) >= 11 is 0. The van der Waals surface area contributed by atoms with Crippen molar-refractivity contribution in [2.24, 2.45) is 5.92 Å². The van der Waals surface area contributed by atoms with E-state index in [0.29, 0.717) is 12.0 Å². The number of fused-ring (bicyclic) bond motifs is 2. The van der Waals surface area contributed by atoms with E-state index in [1.54, 1.807) is 14.0 Å². The number of methoxy groups -OCH3 is 1. The molecule has 1 saturated heterocycles. The van der Waals surface area contributed by atoms with E-state index in [1.165, 1.54) is 17.5 Å². The zero-order valence-electron chi connectivity index (χ0n) is 13.5. The van der Waals surface area contributed by atoms with Gasteiger partial charge in [-0.05, 0) is 53.9 Å². The van der Waals surface area contributed by atoms with Crippen molar-refractivity contribution >= 4 is 5.91 Å². The fourth-order valence-corrected chi connectivity index (χ4v) is 4.43. The topological polar surface area (TPSA) is 29.5 Å². The van der Waals surface area contributed by atoms with E-state index < -0.39 is 0 Å². The molecule has 0 N–H and O–H groups in total. The number of carbonyl (C=O) groups excluding carboxylic acids is 1. The maximum Gasteiger partial charge on any atom is 0.219 e. The van der Waals surface area contributed by atoms with E-state index in [9.17, 15) is 4.79 Å². The lowest BCUT2D eigenvalue weighted by Gasteiger charge is -2.52. The molecule has 0 aromatic heterocycles. The third-order valence-electron chi connectivity index (χ3n) is 5.55. The minimum Gasteiger partial charge on any atom is -0.497 e. The van der Waals surface area contributed by atoms with Crippen molar-refractivity contribution in [3.8, 4) is 5.75 Å². The number of benzene rings is 1. The Hall–Kier alpha value is -1.51. The van der Waals surface area contributed by atoms with E-state index in [-0.39, 0.29) is 11.3 Å². The molecule has 0 radical (unpaired) electrons. The van der Waals surface area contributed by atoms with Gasteiger partial charge in [-0.2, -0.15) is 0 Å². The summed E-state index contributed by atoms with van der Waals surface area (Å²) in [5, 5.41) is 0. The SMILES string of the molecule is COc1ccc2c(c1)C(C)(C)C1CCCN(C(C)=O)C1C2. The van der Waals surface area contributed by atoms with Gasteiger partial charge in [-0.1, -0.05) is 19.9 Å². The van der Waals surface area contributed by atoms with Crippen LogP contribution in [-0.2, 0) is 16.6 Å². The maximum atomic E-state index is 12.0. The van der Waals surface area contributed by atoms with E-state index in [2.05, 4.69) is 30.9 Å². The van der Waals surface area contributed by atoms with Crippen LogP contribution in [0.4, 0.5) is 0 Å². The molecule has 1 heterocycles. The molecule has 21 heavy (non-hydrogen) atoms. The summed E-state index contributed by atoms with van der Waals surface area (Å²) in [6, 6.07) is 6.76. The zero-order valence-corrected chi connectivity index (χ0v) is 13.5. The number of carbonyl (C=O) groups is 1. The van der Waals surface area contributed by atoms with Crippen LogP contribution < -0.4 is 4.74 Å². The fraction of sp³-hybridized carbons (Fsp3) is 0.611. The summed E-state index contributed by atoms with van der Waals surface area (Å²) in [4.78, 5) is 14.1. The maximum absolute atomic E-state index is 12.0. The summed E-state index contributed by atoms with van der Waals surface area (Å²) in [7, 11) is 1.72. The van der Waals surface area contributed by atoms with Gasteiger partial charge in [0.2, 0.25) is 5.91 Å². The van der Waals surface area contributed by atoms with Crippen molar-refractivity contribution in [2.75, 3.05) is 13.7 Å². The highest BCUT2D eigenvalue weighted by Crippen LogP contribution is 2.47. The Morgan fingerprint density at radius 1 is 1.38 bits per heavy atom. The molecule has 2 aliphatic rings. The Morgan fingerprint density at radius 2 is 2.14 bits per heavy atom. The van der Waals surface area contributed by atoms with Gasteiger partial charge in [-0.25, -0.2) is 0 Å². The molecule has 2 unspecified atom stereocenters. The molecule has 0 bridgehead atoms. The van der Waals surface area contributed by atoms with Crippen LogP contribution in [0.15, 0.2) is 18.2 Å². The minimum absolute atomic E-state index is 0.0842. The Labute approximate surface area is 127 Å². The lowest BCUT2D eigenvalue weighted by molar-refractivity contribution is -0.135. The number of amides is 1. The first-order chi connectivity index (χ1) is 9.95. The molecule has 1 fully saturated rings. The second kappa shape index (κ2) is 5.04. The summed E-state index contributed by atoms with van der Waals surface area (Å²) in [6.45, 7) is 7.27. The highest BCUT2D eigenvalue weighted by molar-refractivity contribution is 5.74. The summed E-state index contributed by atoms with van der Waals surface area (Å²) in [6.07, 6.45) is 3.30. The molecule has 0 saturated carbocycles. The van der Waals surface area contributed by atoms with Crippen LogP contribution in [0, 0.1) is 5.92 Å². The first-order valence-electron chi connectivity index (χ1n) is 7.89. The number of hydrogen-bond donors (Lipinski definition) is 0. The molecule has 3 nitrogen and oxygen atoms in total. The van der Waals surface area contributed by atoms with Crippen LogP contribution >= 0.6 is 0 Å². The van der Waals surface area contributed by atoms with Crippen molar-refractivity contribution in [1.29, 1.82) is 0 Å². The summed E-state index contributed by atoms with van der Waals surface area (Å²) < 4.78 is 5.40. The van der Waals surface area contributed by atoms with Gasteiger partial charge >= 0.3 is 0 Å². The largest absolute Gasteiger partial charge is 0.497 e. The van der Waals surface area contributed by atoms with Crippen molar-refractivity contribution in [1.82, 2.24) is 4.90 Å². The highest BCUT2D eigenvalue weighted by Gasteiger charge is 2.46. The minimum atomic E-state index is 0.0842. The third kappa shape index (κ3) is 2.23. The predicted octanol–water partition coefficient (Wildman–Crippen LogP) is 3.16. The normalized spacial score (nSPS) is 26.8. The van der Waals surface area contributed by atoms with Gasteiger partial charge in [-0.3, -0.25) is 4.79 Å². The van der Waals surface area contributed by atoms with Crippen LogP contribution in [0.2, 0.25) is 0 Å². The summed E-state index contributed by atoms with van der Waals surface area (Å²) in [5.41, 5.74) is 2.85. The van der Waals surface area contributed by atoms with Gasteiger partial charge in [0.05, 0.1) is 7.11 Å². The molecular formula is C18H25NO2. The number of likely N-dealkylation sites (tertiary alicyclic amines) is 1. The number of nitrogens with zero attached hydrogens (tertiary/aromatic N) is 1. The Bertz CT molecular complexity index is 564. The van der Waals surface area contributed by atoms with Crippen molar-refractivity contribution in [3.05, 3.63) is 29.3 Å².